The number of nitrogens with one attached hydrogen (secondary N) is 2. The van der Waals surface area contributed by atoms with Gasteiger partial charge in [-0.25, -0.2) is 4.98 Å². The van der Waals surface area contributed by atoms with Crippen LogP contribution in [0, 0.1) is 0 Å². The smallest absolute Gasteiger partial charge is 0.265 e. The third-order valence-electron chi connectivity index (χ3n) is 2.83. The van der Waals surface area contributed by atoms with Crippen LogP contribution < -0.4 is 16.4 Å². The summed E-state index contributed by atoms with van der Waals surface area (Å²) in [5.41, 5.74) is 6.92. The van der Waals surface area contributed by atoms with Gasteiger partial charge in [0.2, 0.25) is 0 Å². The van der Waals surface area contributed by atoms with Crippen molar-refractivity contribution in [3.8, 4) is 0 Å². The van der Waals surface area contributed by atoms with Gasteiger partial charge in [-0.2, -0.15) is 0 Å². The van der Waals surface area contributed by atoms with Crippen molar-refractivity contribution in [1.82, 2.24) is 15.3 Å². The molecule has 0 aliphatic rings. The second kappa shape index (κ2) is 7.58. The summed E-state index contributed by atoms with van der Waals surface area (Å²) in [5, 5.41) is 6.68. The Morgan fingerprint density at radius 1 is 1.33 bits per heavy atom. The molecule has 0 atom stereocenters. The normalized spacial score (nSPS) is 10.3. The molecular weight excluding hydrogens is 286 g/mol. The van der Waals surface area contributed by atoms with E-state index in [1.165, 1.54) is 11.3 Å². The highest BCUT2D eigenvalue weighted by atomic mass is 32.1. The van der Waals surface area contributed by atoms with E-state index in [2.05, 4.69) is 27.5 Å². The third kappa shape index (κ3) is 4.42. The lowest BCUT2D eigenvalue weighted by molar-refractivity contribution is 0.0959. The molecule has 0 bridgehead atoms. The maximum atomic E-state index is 12.1. The highest BCUT2D eigenvalue weighted by Gasteiger charge is 2.15. The van der Waals surface area contributed by atoms with Crippen LogP contribution in [-0.4, -0.2) is 29.0 Å². The standard InChI is InChI=1S/C14H19N5OS/c1-2-6-18-14-19-12(15)11(21-14)13(20)17-9-5-10-3-7-16-8-4-10/h3-4,7-8H,2,5-6,9,15H2,1H3,(H,17,20)(H,18,19). The number of amides is 1. The molecule has 7 heteroatoms. The lowest BCUT2D eigenvalue weighted by Crippen LogP contribution is -2.25. The summed E-state index contributed by atoms with van der Waals surface area (Å²) >= 11 is 1.28. The number of pyridine rings is 1. The summed E-state index contributed by atoms with van der Waals surface area (Å²) in [6.07, 6.45) is 5.23. The van der Waals surface area contributed by atoms with Crippen molar-refractivity contribution >= 4 is 28.2 Å². The van der Waals surface area contributed by atoms with Gasteiger partial charge in [-0.1, -0.05) is 18.3 Å². The average Bonchev–Trinajstić information content (AvgIpc) is 2.87. The maximum Gasteiger partial charge on any atom is 0.265 e. The Bertz CT molecular complexity index is 584. The predicted octanol–water partition coefficient (Wildman–Crippen LogP) is 1.91. The molecule has 112 valence electrons. The zero-order valence-corrected chi connectivity index (χ0v) is 12.7. The summed E-state index contributed by atoms with van der Waals surface area (Å²) in [7, 11) is 0. The molecule has 0 saturated heterocycles. The van der Waals surface area contributed by atoms with Crippen LogP contribution >= 0.6 is 11.3 Å². The number of anilines is 2. The van der Waals surface area contributed by atoms with Crippen molar-refractivity contribution in [2.45, 2.75) is 19.8 Å². The van der Waals surface area contributed by atoms with Gasteiger partial charge in [-0.15, -0.1) is 0 Å². The van der Waals surface area contributed by atoms with E-state index >= 15 is 0 Å². The minimum atomic E-state index is -0.177. The van der Waals surface area contributed by atoms with Crippen LogP contribution in [0.3, 0.4) is 0 Å². The van der Waals surface area contributed by atoms with E-state index in [0.717, 1.165) is 24.9 Å². The average molecular weight is 305 g/mol. The molecule has 0 saturated carbocycles. The van der Waals surface area contributed by atoms with Crippen LogP contribution in [0.1, 0.15) is 28.6 Å². The fraction of sp³-hybridized carbons (Fsp3) is 0.357. The first-order valence-electron chi connectivity index (χ1n) is 6.88. The van der Waals surface area contributed by atoms with Gasteiger partial charge in [0.05, 0.1) is 0 Å². The van der Waals surface area contributed by atoms with Gasteiger partial charge in [-0.3, -0.25) is 9.78 Å². The molecule has 0 spiro atoms. The van der Waals surface area contributed by atoms with Gasteiger partial charge in [0, 0.05) is 25.5 Å². The Labute approximate surface area is 127 Å². The summed E-state index contributed by atoms with van der Waals surface area (Å²) in [4.78, 5) is 20.7. The molecule has 4 N–H and O–H groups in total. The quantitative estimate of drug-likeness (QED) is 0.726. The van der Waals surface area contributed by atoms with Gasteiger partial charge in [0.25, 0.3) is 5.91 Å². The summed E-state index contributed by atoms with van der Waals surface area (Å²) in [5.74, 6) is 0.101. The van der Waals surface area contributed by atoms with Crippen LogP contribution in [0.4, 0.5) is 10.9 Å². The first-order chi connectivity index (χ1) is 10.2. The molecule has 1 amide bonds. The fourth-order valence-corrected chi connectivity index (χ4v) is 2.58. The molecule has 2 aromatic rings. The monoisotopic (exact) mass is 305 g/mol. The molecule has 0 unspecified atom stereocenters. The van der Waals surface area contributed by atoms with Gasteiger partial charge >= 0.3 is 0 Å². The largest absolute Gasteiger partial charge is 0.382 e. The lowest BCUT2D eigenvalue weighted by Gasteiger charge is -2.03. The Morgan fingerprint density at radius 2 is 2.10 bits per heavy atom. The molecule has 0 aliphatic heterocycles. The molecule has 21 heavy (non-hydrogen) atoms. The number of hydrogen-bond acceptors (Lipinski definition) is 6. The zero-order chi connectivity index (χ0) is 15.1. The summed E-state index contributed by atoms with van der Waals surface area (Å²) < 4.78 is 0. The van der Waals surface area contributed by atoms with Crippen LogP contribution in [0.15, 0.2) is 24.5 Å². The number of nitrogen functional groups attached to an aromatic ring is 1. The number of carbonyl (C=O) groups excluding carboxylic acids is 1. The number of rotatable bonds is 7. The first kappa shape index (κ1) is 15.2. The minimum Gasteiger partial charge on any atom is -0.382 e. The molecule has 0 aromatic carbocycles. The van der Waals surface area contributed by atoms with Gasteiger partial charge in [0.15, 0.2) is 5.13 Å². The van der Waals surface area contributed by atoms with Crippen LogP contribution in [0.5, 0.6) is 0 Å². The van der Waals surface area contributed by atoms with E-state index in [4.69, 9.17) is 5.73 Å². The van der Waals surface area contributed by atoms with Gasteiger partial charge in [0.1, 0.15) is 10.7 Å². The van der Waals surface area contributed by atoms with E-state index in [0.29, 0.717) is 16.6 Å². The van der Waals surface area contributed by atoms with Crippen LogP contribution in [0.2, 0.25) is 0 Å². The Morgan fingerprint density at radius 3 is 2.81 bits per heavy atom. The number of nitrogens with two attached hydrogens (primary N) is 1. The van der Waals surface area contributed by atoms with Crippen LogP contribution in [-0.2, 0) is 6.42 Å². The number of thiazole rings is 1. The molecule has 2 aromatic heterocycles. The number of carbonyl (C=O) groups is 1. The van der Waals surface area contributed by atoms with Gasteiger partial charge in [-0.05, 0) is 30.5 Å². The van der Waals surface area contributed by atoms with Gasteiger partial charge < -0.3 is 16.4 Å². The van der Waals surface area contributed by atoms with E-state index in [9.17, 15) is 4.79 Å². The molecule has 6 nitrogen and oxygen atoms in total. The first-order valence-corrected chi connectivity index (χ1v) is 7.69. The van der Waals surface area contributed by atoms with Crippen molar-refractivity contribution < 1.29 is 4.79 Å². The Balaban J connectivity index is 1.87. The number of nitrogens with zero attached hydrogens (tertiary/aromatic N) is 2. The second-order valence-electron chi connectivity index (χ2n) is 4.52. The Kier molecular flexibility index (Phi) is 5.51. The topological polar surface area (TPSA) is 92.9 Å². The molecule has 0 radical (unpaired) electrons. The van der Waals surface area contributed by atoms with E-state index in [1.54, 1.807) is 12.4 Å². The highest BCUT2D eigenvalue weighted by Crippen LogP contribution is 2.24. The molecular formula is C14H19N5OS. The predicted molar refractivity (Wildman–Crippen MR) is 85.6 cm³/mol. The van der Waals surface area contributed by atoms with E-state index in [-0.39, 0.29) is 11.7 Å². The SMILES string of the molecule is CCCNc1nc(N)c(C(=O)NCCc2ccncc2)s1. The fourth-order valence-electron chi connectivity index (χ4n) is 1.75. The van der Waals surface area contributed by atoms with Crippen molar-refractivity contribution in [3.05, 3.63) is 35.0 Å². The van der Waals surface area contributed by atoms with E-state index < -0.39 is 0 Å². The van der Waals surface area contributed by atoms with E-state index in [1.807, 2.05) is 12.1 Å². The third-order valence-corrected chi connectivity index (χ3v) is 3.86. The lowest BCUT2D eigenvalue weighted by atomic mass is 10.2. The van der Waals surface area contributed by atoms with Crippen molar-refractivity contribution in [2.24, 2.45) is 0 Å². The Hall–Kier alpha value is -2.15. The molecule has 2 heterocycles. The molecule has 2 rings (SSSR count). The summed E-state index contributed by atoms with van der Waals surface area (Å²) in [6, 6.07) is 3.86. The van der Waals surface area contributed by atoms with Crippen molar-refractivity contribution in [3.63, 3.8) is 0 Å². The summed E-state index contributed by atoms with van der Waals surface area (Å²) in [6.45, 7) is 3.44. The highest BCUT2D eigenvalue weighted by molar-refractivity contribution is 7.18. The zero-order valence-electron chi connectivity index (χ0n) is 11.9. The number of aromatic nitrogens is 2. The van der Waals surface area contributed by atoms with Crippen molar-refractivity contribution in [1.29, 1.82) is 0 Å². The minimum absolute atomic E-state index is 0.177. The van der Waals surface area contributed by atoms with Crippen molar-refractivity contribution in [2.75, 3.05) is 24.1 Å². The maximum absolute atomic E-state index is 12.1. The second-order valence-corrected chi connectivity index (χ2v) is 5.52. The number of hydrogen-bond donors (Lipinski definition) is 3. The van der Waals surface area contributed by atoms with Crippen LogP contribution in [0.25, 0.3) is 0 Å². The molecule has 0 fully saturated rings. The molecule has 0 aliphatic carbocycles.